The van der Waals surface area contributed by atoms with E-state index in [9.17, 15) is 14.7 Å². The number of benzene rings is 1. The summed E-state index contributed by atoms with van der Waals surface area (Å²) in [5.74, 6) is -0.203. The van der Waals surface area contributed by atoms with Crippen LogP contribution in [0.4, 0.5) is 5.82 Å². The molecule has 7 heteroatoms. The molecule has 0 saturated carbocycles. The third-order valence-electron chi connectivity index (χ3n) is 5.20. The highest BCUT2D eigenvalue weighted by Crippen LogP contribution is 2.42. The van der Waals surface area contributed by atoms with Gasteiger partial charge in [0.2, 0.25) is 5.78 Å². The Balaban J connectivity index is 1.85. The number of hydrogen-bond donors (Lipinski definition) is 1. The fraction of sp³-hybridized carbons (Fsp3) is 0.261. The van der Waals surface area contributed by atoms with Crippen LogP contribution in [0.2, 0.25) is 0 Å². The van der Waals surface area contributed by atoms with Crippen LogP contribution in [0, 0.1) is 13.8 Å². The summed E-state index contributed by atoms with van der Waals surface area (Å²) in [5, 5.41) is 14.6. The fourth-order valence-corrected chi connectivity index (χ4v) is 3.61. The highest BCUT2D eigenvalue weighted by Gasteiger charge is 2.46. The number of anilines is 1. The zero-order chi connectivity index (χ0) is 21.6. The van der Waals surface area contributed by atoms with Gasteiger partial charge in [-0.25, -0.2) is 0 Å². The molecule has 1 aliphatic heterocycles. The van der Waals surface area contributed by atoms with Gasteiger partial charge in [0.1, 0.15) is 11.5 Å². The molecule has 0 bridgehead atoms. The van der Waals surface area contributed by atoms with Gasteiger partial charge >= 0.3 is 0 Å². The number of hydrogen-bond acceptors (Lipinski definition) is 6. The molecule has 1 aromatic carbocycles. The molecule has 0 fully saturated rings. The van der Waals surface area contributed by atoms with E-state index in [-0.39, 0.29) is 17.2 Å². The van der Waals surface area contributed by atoms with Crippen LogP contribution in [-0.2, 0) is 4.79 Å². The molecule has 1 atom stereocenters. The van der Waals surface area contributed by atoms with Gasteiger partial charge in [0.05, 0.1) is 11.6 Å². The third kappa shape index (κ3) is 3.22. The van der Waals surface area contributed by atoms with Crippen molar-refractivity contribution in [1.29, 1.82) is 0 Å². The smallest absolute Gasteiger partial charge is 0.295 e. The highest BCUT2D eigenvalue weighted by atomic mass is 16.5. The van der Waals surface area contributed by atoms with E-state index >= 15 is 0 Å². The lowest BCUT2D eigenvalue weighted by Gasteiger charge is -2.24. The standard InChI is InChI=1S/C23H22N2O5/c1-12(2)15-6-8-16(9-7-15)20-19(21(26)17-10-5-13(3)29-17)22(27)23(28)25(20)18-11-14(4)30-24-18/h5-12,20,27H,1-4H3. The number of rotatable bonds is 5. The predicted molar refractivity (Wildman–Crippen MR) is 109 cm³/mol. The topological polar surface area (TPSA) is 96.8 Å². The molecule has 1 N–H and O–H groups in total. The van der Waals surface area contributed by atoms with E-state index in [0.717, 1.165) is 5.56 Å². The van der Waals surface area contributed by atoms with Crippen LogP contribution in [0.1, 0.15) is 59.0 Å². The van der Waals surface area contributed by atoms with Gasteiger partial charge in [-0.1, -0.05) is 43.3 Å². The number of carbonyl (C=O) groups excluding carboxylic acids is 2. The van der Waals surface area contributed by atoms with Crippen molar-refractivity contribution in [3.05, 3.63) is 82.2 Å². The Bertz CT molecular complexity index is 1150. The highest BCUT2D eigenvalue weighted by molar-refractivity contribution is 6.19. The Kier molecular flexibility index (Phi) is 4.81. The number of carbonyl (C=O) groups is 2. The van der Waals surface area contributed by atoms with Crippen molar-refractivity contribution < 1.29 is 23.6 Å². The monoisotopic (exact) mass is 406 g/mol. The maximum atomic E-state index is 13.2. The molecule has 1 aliphatic rings. The van der Waals surface area contributed by atoms with Gasteiger partial charge in [-0.3, -0.25) is 14.5 Å². The molecule has 3 heterocycles. The quantitative estimate of drug-likeness (QED) is 0.612. The minimum absolute atomic E-state index is 0.0488. The number of aliphatic hydroxyl groups is 1. The minimum atomic E-state index is -0.860. The molecule has 7 nitrogen and oxygen atoms in total. The van der Waals surface area contributed by atoms with Crippen LogP contribution in [-0.4, -0.2) is 22.0 Å². The number of Topliss-reactive ketones (excluding diaryl/α,β-unsaturated/α-hetero) is 1. The predicted octanol–water partition coefficient (Wildman–Crippen LogP) is 4.79. The van der Waals surface area contributed by atoms with Crippen molar-refractivity contribution in [2.24, 2.45) is 0 Å². The number of aliphatic hydroxyl groups excluding tert-OH is 1. The Hall–Kier alpha value is -3.61. The summed E-state index contributed by atoms with van der Waals surface area (Å²) in [6, 6.07) is 11.5. The summed E-state index contributed by atoms with van der Waals surface area (Å²) >= 11 is 0. The molecular weight excluding hydrogens is 384 g/mol. The minimum Gasteiger partial charge on any atom is -0.503 e. The van der Waals surface area contributed by atoms with E-state index in [2.05, 4.69) is 19.0 Å². The van der Waals surface area contributed by atoms with E-state index in [1.54, 1.807) is 26.0 Å². The average molecular weight is 406 g/mol. The largest absolute Gasteiger partial charge is 0.503 e. The lowest BCUT2D eigenvalue weighted by Crippen LogP contribution is -2.31. The maximum absolute atomic E-state index is 13.2. The number of aryl methyl sites for hydroxylation is 2. The van der Waals surface area contributed by atoms with Crippen molar-refractivity contribution in [3.8, 4) is 0 Å². The molecule has 1 amide bonds. The number of aromatic nitrogens is 1. The summed E-state index contributed by atoms with van der Waals surface area (Å²) in [5.41, 5.74) is 1.74. The zero-order valence-electron chi connectivity index (χ0n) is 17.2. The second kappa shape index (κ2) is 7.33. The van der Waals surface area contributed by atoms with Crippen LogP contribution in [0.3, 0.4) is 0 Å². The first kappa shape index (κ1) is 19.7. The second-order valence-electron chi connectivity index (χ2n) is 7.70. The Morgan fingerprint density at radius 2 is 1.80 bits per heavy atom. The van der Waals surface area contributed by atoms with Crippen molar-refractivity contribution in [2.75, 3.05) is 4.90 Å². The summed E-state index contributed by atoms with van der Waals surface area (Å²) in [4.78, 5) is 27.5. The SMILES string of the molecule is Cc1cc(N2C(=O)C(O)=C(C(=O)c3ccc(C)o3)C2c2ccc(C(C)C)cc2)no1. The molecule has 0 saturated heterocycles. The Labute approximate surface area is 173 Å². The molecule has 0 radical (unpaired) electrons. The second-order valence-corrected chi connectivity index (χ2v) is 7.70. The summed E-state index contributed by atoms with van der Waals surface area (Å²) in [6.45, 7) is 7.59. The van der Waals surface area contributed by atoms with Gasteiger partial charge in [-0.15, -0.1) is 0 Å². The Morgan fingerprint density at radius 1 is 1.10 bits per heavy atom. The van der Waals surface area contributed by atoms with Crippen LogP contribution < -0.4 is 4.90 Å². The lowest BCUT2D eigenvalue weighted by atomic mass is 9.93. The molecule has 0 aliphatic carbocycles. The fourth-order valence-electron chi connectivity index (χ4n) is 3.61. The van der Waals surface area contributed by atoms with Crippen LogP contribution in [0.25, 0.3) is 0 Å². The van der Waals surface area contributed by atoms with Crippen LogP contribution in [0.15, 0.2) is 62.7 Å². The third-order valence-corrected chi connectivity index (χ3v) is 5.20. The number of furan rings is 1. The van der Waals surface area contributed by atoms with E-state index in [1.165, 1.54) is 11.0 Å². The van der Waals surface area contributed by atoms with Gasteiger partial charge in [0, 0.05) is 6.07 Å². The average Bonchev–Trinajstić information content (AvgIpc) is 3.40. The first-order chi connectivity index (χ1) is 14.3. The van der Waals surface area contributed by atoms with E-state index in [4.69, 9.17) is 8.94 Å². The summed E-state index contributed by atoms with van der Waals surface area (Å²) in [7, 11) is 0. The van der Waals surface area contributed by atoms with Crippen molar-refractivity contribution in [3.63, 3.8) is 0 Å². The molecule has 3 aromatic rings. The van der Waals surface area contributed by atoms with Gasteiger partial charge in [-0.2, -0.15) is 0 Å². The van der Waals surface area contributed by atoms with Crippen molar-refractivity contribution in [1.82, 2.24) is 5.16 Å². The molecule has 154 valence electrons. The number of nitrogens with zero attached hydrogens (tertiary/aromatic N) is 2. The van der Waals surface area contributed by atoms with E-state index < -0.39 is 23.5 Å². The number of amides is 1. The first-order valence-electron chi connectivity index (χ1n) is 9.69. The van der Waals surface area contributed by atoms with Gasteiger partial charge < -0.3 is 14.0 Å². The first-order valence-corrected chi connectivity index (χ1v) is 9.69. The van der Waals surface area contributed by atoms with Gasteiger partial charge in [-0.05, 0) is 43.0 Å². The summed E-state index contributed by atoms with van der Waals surface area (Å²) < 4.78 is 10.6. The molecule has 30 heavy (non-hydrogen) atoms. The molecule has 4 rings (SSSR count). The van der Waals surface area contributed by atoms with E-state index in [1.807, 2.05) is 24.3 Å². The summed E-state index contributed by atoms with van der Waals surface area (Å²) in [6.07, 6.45) is 0. The van der Waals surface area contributed by atoms with Crippen LogP contribution in [0.5, 0.6) is 0 Å². The molecule has 0 spiro atoms. The molecule has 2 aromatic heterocycles. The number of ketones is 1. The normalized spacial score (nSPS) is 16.8. The Morgan fingerprint density at radius 3 is 2.33 bits per heavy atom. The van der Waals surface area contributed by atoms with Crippen molar-refractivity contribution >= 4 is 17.5 Å². The molecule has 1 unspecified atom stereocenters. The molecular formula is C23H22N2O5. The van der Waals surface area contributed by atoms with Crippen LogP contribution >= 0.6 is 0 Å². The van der Waals surface area contributed by atoms with E-state index in [0.29, 0.717) is 23.0 Å². The zero-order valence-corrected chi connectivity index (χ0v) is 17.2. The lowest BCUT2D eigenvalue weighted by molar-refractivity contribution is -0.117. The van der Waals surface area contributed by atoms with Gasteiger partial charge in [0.15, 0.2) is 17.3 Å². The maximum Gasteiger partial charge on any atom is 0.295 e. The van der Waals surface area contributed by atoms with Gasteiger partial charge in [0.25, 0.3) is 5.91 Å². The van der Waals surface area contributed by atoms with Crippen molar-refractivity contribution in [2.45, 2.75) is 39.7 Å².